The molecule has 328 valence electrons. The highest BCUT2D eigenvalue weighted by Gasteiger charge is 2.40. The number of hydrogen-bond acceptors (Lipinski definition) is 11. The van der Waals surface area contributed by atoms with Gasteiger partial charge in [0.2, 0.25) is 41.4 Å². The molecule has 2 aromatic rings. The molecule has 3 aliphatic rings. The van der Waals surface area contributed by atoms with Gasteiger partial charge in [-0.25, -0.2) is 0 Å². The number of carbonyl (C=O) groups is 8. The first-order chi connectivity index (χ1) is 28.7. The summed E-state index contributed by atoms with van der Waals surface area (Å²) in [5.74, 6) is -5.93. The van der Waals surface area contributed by atoms with Gasteiger partial charge in [0.05, 0.1) is 39.8 Å². The van der Waals surface area contributed by atoms with Gasteiger partial charge in [-0.05, 0) is 43.7 Å². The maximum absolute atomic E-state index is 14.4. The van der Waals surface area contributed by atoms with E-state index >= 15 is 0 Å². The highest BCUT2D eigenvalue weighted by atomic mass is 33.1. The van der Waals surface area contributed by atoms with Gasteiger partial charge in [-0.2, -0.15) is 0 Å². The number of primary amides is 1. The smallest absolute Gasteiger partial charge is 0.305 e. The van der Waals surface area contributed by atoms with Crippen molar-refractivity contribution in [2.45, 2.75) is 81.6 Å². The molecule has 5 atom stereocenters. The number of amides is 7. The maximum Gasteiger partial charge on any atom is 0.305 e. The fourth-order valence-electron chi connectivity index (χ4n) is 7.57. The summed E-state index contributed by atoms with van der Waals surface area (Å²) in [5.41, 5.74) is 7.10. The number of ether oxygens (including phenoxy) is 1. The summed E-state index contributed by atoms with van der Waals surface area (Å²) in [6.07, 6.45) is 3.19. The third-order valence-corrected chi connectivity index (χ3v) is 13.5. The first-order valence-electron chi connectivity index (χ1n) is 20.2. The van der Waals surface area contributed by atoms with E-state index in [2.05, 4.69) is 38.6 Å². The van der Waals surface area contributed by atoms with E-state index in [1.54, 1.807) is 6.20 Å². The van der Waals surface area contributed by atoms with Gasteiger partial charge in [0, 0.05) is 48.0 Å². The molecule has 19 nitrogen and oxygen atoms in total. The largest absolute Gasteiger partial charge is 0.481 e. The number of rotatable bonds is 10. The van der Waals surface area contributed by atoms with Crippen LogP contribution in [0.1, 0.15) is 50.5 Å². The quantitative estimate of drug-likeness (QED) is 0.0825. The van der Waals surface area contributed by atoms with Crippen LogP contribution in [0, 0.1) is 0 Å². The summed E-state index contributed by atoms with van der Waals surface area (Å²) in [6.45, 7) is 3.48. The van der Waals surface area contributed by atoms with Crippen molar-refractivity contribution in [1.29, 1.82) is 0 Å². The first-order valence-corrected chi connectivity index (χ1v) is 22.7. The number of aromatic nitrogens is 1. The van der Waals surface area contributed by atoms with Crippen LogP contribution in [-0.4, -0.2) is 161 Å². The number of nitrogens with one attached hydrogen (secondary N) is 6. The molecule has 60 heavy (non-hydrogen) atoms. The Morgan fingerprint density at radius 3 is 2.42 bits per heavy atom. The zero-order valence-corrected chi connectivity index (χ0v) is 35.3. The summed E-state index contributed by atoms with van der Waals surface area (Å²) in [4.78, 5) is 111. The fraction of sp³-hybridized carbons (Fsp3) is 0.590. The van der Waals surface area contributed by atoms with Crippen LogP contribution < -0.4 is 32.3 Å². The number of para-hydroxylation sites is 1. The fourth-order valence-corrected chi connectivity index (χ4v) is 9.74. The van der Waals surface area contributed by atoms with E-state index in [9.17, 15) is 43.5 Å². The Bertz CT molecular complexity index is 1890. The molecule has 21 heteroatoms. The van der Waals surface area contributed by atoms with Crippen LogP contribution in [0.4, 0.5) is 0 Å². The predicted octanol–water partition coefficient (Wildman–Crippen LogP) is -0.851. The Kier molecular flexibility index (Phi) is 17.0. The molecule has 0 spiro atoms. The van der Waals surface area contributed by atoms with Crippen molar-refractivity contribution in [1.82, 2.24) is 36.5 Å². The number of hydrogen-bond donors (Lipinski definition) is 8. The van der Waals surface area contributed by atoms with Crippen LogP contribution >= 0.6 is 21.6 Å². The number of nitrogens with zero attached hydrogens (tertiary/aromatic N) is 2. The molecular formula is C39H56N9O10S2+. The number of fused-ring (bicyclic) bond motifs is 2. The number of carbonyl (C=O) groups excluding carboxylic acids is 7. The van der Waals surface area contributed by atoms with Gasteiger partial charge in [-0.15, -0.1) is 0 Å². The van der Waals surface area contributed by atoms with E-state index < -0.39 is 90.5 Å². The van der Waals surface area contributed by atoms with Crippen molar-refractivity contribution in [3.05, 3.63) is 36.0 Å². The highest BCUT2D eigenvalue weighted by molar-refractivity contribution is 8.76. The molecule has 1 aromatic heterocycles. The molecule has 9 N–H and O–H groups in total. The van der Waals surface area contributed by atoms with E-state index in [1.165, 1.54) is 26.5 Å². The number of carboxylic acid groups (broad SMARTS) is 1. The van der Waals surface area contributed by atoms with Crippen LogP contribution in [0.2, 0.25) is 0 Å². The van der Waals surface area contributed by atoms with Gasteiger partial charge in [0.15, 0.2) is 0 Å². The molecule has 0 aliphatic carbocycles. The molecule has 0 saturated carbocycles. The highest BCUT2D eigenvalue weighted by Crippen LogP contribution is 2.25. The molecule has 0 bridgehead atoms. The van der Waals surface area contributed by atoms with E-state index in [0.29, 0.717) is 37.4 Å². The van der Waals surface area contributed by atoms with Crippen LogP contribution in [-0.2, 0) is 49.5 Å². The van der Waals surface area contributed by atoms with Crippen molar-refractivity contribution in [2.75, 3.05) is 64.5 Å². The lowest BCUT2D eigenvalue weighted by Gasteiger charge is -2.37. The number of quaternary nitrogens is 1. The molecular weight excluding hydrogens is 819 g/mol. The number of carboxylic acids is 1. The third kappa shape index (κ3) is 13.3. The Morgan fingerprint density at radius 1 is 0.917 bits per heavy atom. The number of aromatic amines is 1. The minimum atomic E-state index is -1.66. The van der Waals surface area contributed by atoms with Crippen LogP contribution in [0.25, 0.3) is 10.9 Å². The summed E-state index contributed by atoms with van der Waals surface area (Å²) >= 11 is 0. The topological polar surface area (TPSA) is 271 Å². The van der Waals surface area contributed by atoms with E-state index in [1.807, 2.05) is 24.3 Å². The lowest BCUT2D eigenvalue weighted by atomic mass is 10.0. The molecule has 7 amide bonds. The second kappa shape index (κ2) is 22.1. The number of likely N-dealkylation sites (N-methyl/N-ethyl adjacent to an activating group) is 1. The maximum atomic E-state index is 14.4. The van der Waals surface area contributed by atoms with Crippen LogP contribution in [0.3, 0.4) is 0 Å². The number of H-pyrrole nitrogens is 1. The standard InChI is InChI=1S/C39H55N9O10S2/c1-48(14-16-58-17-15-48)13-5-4-9-27-36(54)42-22-33(50)44-28(20-34(51)52)37(55)45-29(19-24-21-41-26-8-3-2-7-25(24)26)39(57)47-12-6-10-31(47)38(56)46-30(35(40)53)23-60-59-18-11-32(49)43-27/h2-3,7-8,21,27-31,41H,4-6,9-20,22-23H2,1H3,(H7-,40,42,43,44,45,46,49,50,51,52,53,54,55,56)/p+1/t27-,28-,29-,30?,31-/m0/s1. The minimum absolute atomic E-state index is 0.0231. The molecule has 5 rings (SSSR count). The number of aliphatic carboxylic acids is 1. The van der Waals surface area contributed by atoms with Crippen molar-refractivity contribution in [3.8, 4) is 0 Å². The summed E-state index contributed by atoms with van der Waals surface area (Å²) in [5, 5.41) is 23.5. The average molecular weight is 875 g/mol. The van der Waals surface area contributed by atoms with Crippen molar-refractivity contribution < 1.29 is 52.7 Å². The van der Waals surface area contributed by atoms with Crippen LogP contribution in [0.15, 0.2) is 30.5 Å². The molecule has 1 unspecified atom stereocenters. The third-order valence-electron chi connectivity index (χ3n) is 11.0. The predicted molar refractivity (Wildman–Crippen MR) is 224 cm³/mol. The van der Waals surface area contributed by atoms with E-state index in [4.69, 9.17) is 10.5 Å². The number of unbranched alkanes of at least 4 members (excludes halogenated alkanes) is 1. The second-order valence-corrected chi connectivity index (χ2v) is 18.2. The van der Waals surface area contributed by atoms with Gasteiger partial charge in [0.25, 0.3) is 0 Å². The molecule has 3 fully saturated rings. The number of morpholine rings is 1. The van der Waals surface area contributed by atoms with Gasteiger partial charge < -0.3 is 56.5 Å². The average Bonchev–Trinajstić information content (AvgIpc) is 3.87. The zero-order chi connectivity index (χ0) is 43.2. The minimum Gasteiger partial charge on any atom is -0.481 e. The lowest BCUT2D eigenvalue weighted by Crippen LogP contribution is -2.59. The number of benzene rings is 1. The van der Waals surface area contributed by atoms with Crippen molar-refractivity contribution in [3.63, 3.8) is 0 Å². The van der Waals surface area contributed by atoms with Gasteiger partial charge in [0.1, 0.15) is 43.3 Å². The Morgan fingerprint density at radius 2 is 1.67 bits per heavy atom. The van der Waals surface area contributed by atoms with E-state index in [-0.39, 0.29) is 38.0 Å². The molecule has 4 heterocycles. The summed E-state index contributed by atoms with van der Waals surface area (Å²) < 4.78 is 6.32. The normalized spacial score (nSPS) is 25.6. The van der Waals surface area contributed by atoms with Crippen LogP contribution in [0.5, 0.6) is 0 Å². The lowest BCUT2D eigenvalue weighted by molar-refractivity contribution is -0.917. The summed E-state index contributed by atoms with van der Waals surface area (Å²) in [7, 11) is 4.67. The molecule has 3 aliphatic heterocycles. The molecule has 0 radical (unpaired) electrons. The molecule has 3 saturated heterocycles. The van der Waals surface area contributed by atoms with E-state index in [0.717, 1.165) is 41.4 Å². The first kappa shape index (κ1) is 46.2. The molecule has 1 aromatic carbocycles. The second-order valence-electron chi connectivity index (χ2n) is 15.6. The Hall–Kier alpha value is -4.86. The SMILES string of the molecule is C[N+]1(CCCC[C@@H]2NC(=O)CCSSCC(C(N)=O)NC(=O)[C@@H]3CCCN3C(=O)[C@H](Cc3c[nH]c4ccccc34)NC(=O)[C@H](CC(=O)O)NC(=O)CNC2=O)CCOCC1. The number of nitrogens with two attached hydrogens (primary N) is 1. The zero-order valence-electron chi connectivity index (χ0n) is 33.7. The van der Waals surface area contributed by atoms with Gasteiger partial charge in [-0.1, -0.05) is 39.8 Å². The van der Waals surface area contributed by atoms with Gasteiger partial charge >= 0.3 is 5.97 Å². The monoisotopic (exact) mass is 874 g/mol. The van der Waals surface area contributed by atoms with Crippen molar-refractivity contribution in [2.24, 2.45) is 5.73 Å². The Labute approximate surface area is 355 Å². The van der Waals surface area contributed by atoms with Crippen molar-refractivity contribution >= 4 is 79.8 Å². The Balaban J connectivity index is 1.37. The van der Waals surface area contributed by atoms with Gasteiger partial charge in [-0.3, -0.25) is 38.4 Å². The summed E-state index contributed by atoms with van der Waals surface area (Å²) in [6, 6.07) is 1.27.